The molecular weight excluding hydrogens is 184 g/mol. The lowest BCUT2D eigenvalue weighted by Crippen LogP contribution is -1.92. The van der Waals surface area contributed by atoms with Crippen molar-refractivity contribution in [1.82, 2.24) is 0 Å². The maximum Gasteiger partial charge on any atom is 0.0650 e. The van der Waals surface area contributed by atoms with Gasteiger partial charge in [-0.1, -0.05) is 55.3 Å². The molecule has 0 radical (unpaired) electrons. The summed E-state index contributed by atoms with van der Waals surface area (Å²) in [7, 11) is 0. The van der Waals surface area contributed by atoms with Gasteiger partial charge in [0, 0.05) is 6.61 Å². The van der Waals surface area contributed by atoms with Gasteiger partial charge in [0.25, 0.3) is 0 Å². The van der Waals surface area contributed by atoms with Crippen LogP contribution in [0.1, 0.15) is 30.9 Å². The first-order chi connectivity index (χ1) is 7.33. The first kappa shape index (κ1) is 12.0. The molecule has 0 aliphatic rings. The van der Waals surface area contributed by atoms with Crippen LogP contribution in [0.5, 0.6) is 0 Å². The van der Waals surface area contributed by atoms with Crippen LogP contribution in [0.25, 0.3) is 6.08 Å². The normalized spacial score (nSPS) is 11.1. The van der Waals surface area contributed by atoms with Crippen molar-refractivity contribution in [3.63, 3.8) is 0 Å². The summed E-state index contributed by atoms with van der Waals surface area (Å²) in [6.45, 7) is 5.86. The summed E-state index contributed by atoms with van der Waals surface area (Å²) in [5, 5.41) is 0. The Morgan fingerprint density at radius 3 is 2.93 bits per heavy atom. The molecule has 1 rings (SSSR count). The molecule has 1 nitrogen and oxygen atoms in total. The molecule has 0 N–H and O–H groups in total. The van der Waals surface area contributed by atoms with Gasteiger partial charge in [0.05, 0.1) is 6.61 Å². The minimum absolute atomic E-state index is 0.716. The monoisotopic (exact) mass is 204 g/mol. The van der Waals surface area contributed by atoms with Gasteiger partial charge in [-0.3, -0.25) is 0 Å². The lowest BCUT2D eigenvalue weighted by molar-refractivity contribution is 0.159. The minimum atomic E-state index is 0.716. The number of aryl methyl sites for hydroxylation is 1. The number of benzene rings is 1. The average molecular weight is 204 g/mol. The van der Waals surface area contributed by atoms with E-state index in [1.165, 1.54) is 17.5 Å². The van der Waals surface area contributed by atoms with E-state index < -0.39 is 0 Å². The third-order valence-electron chi connectivity index (χ3n) is 2.21. The molecule has 0 unspecified atom stereocenters. The molecule has 0 fully saturated rings. The SMILES string of the molecule is CCCCOCC=Cc1cccc(C)c1. The Hall–Kier alpha value is -1.08. The number of rotatable bonds is 6. The summed E-state index contributed by atoms with van der Waals surface area (Å²) in [6, 6.07) is 8.46. The average Bonchev–Trinajstić information content (AvgIpc) is 2.23. The quantitative estimate of drug-likeness (QED) is 0.640. The number of ether oxygens (including phenoxy) is 1. The number of hydrogen-bond acceptors (Lipinski definition) is 1. The predicted octanol–water partition coefficient (Wildman–Crippen LogP) is 3.82. The number of unbranched alkanes of at least 4 members (excludes halogenated alkanes) is 1. The Morgan fingerprint density at radius 2 is 2.20 bits per heavy atom. The van der Waals surface area contributed by atoms with Crippen molar-refractivity contribution < 1.29 is 4.74 Å². The van der Waals surface area contributed by atoms with Gasteiger partial charge in [0.1, 0.15) is 0 Å². The molecule has 0 aliphatic heterocycles. The summed E-state index contributed by atoms with van der Waals surface area (Å²) in [5.74, 6) is 0. The van der Waals surface area contributed by atoms with Gasteiger partial charge in [-0.15, -0.1) is 0 Å². The molecule has 1 aromatic carbocycles. The summed E-state index contributed by atoms with van der Waals surface area (Å²) < 4.78 is 5.44. The topological polar surface area (TPSA) is 9.23 Å². The Kier molecular flexibility index (Phi) is 5.79. The highest BCUT2D eigenvalue weighted by Gasteiger charge is 1.87. The highest BCUT2D eigenvalue weighted by atomic mass is 16.5. The maximum absolute atomic E-state index is 5.44. The Bertz CT molecular complexity index is 302. The fourth-order valence-corrected chi connectivity index (χ4v) is 1.36. The van der Waals surface area contributed by atoms with Gasteiger partial charge >= 0.3 is 0 Å². The smallest absolute Gasteiger partial charge is 0.0650 e. The standard InChI is InChI=1S/C14H20O/c1-3-4-10-15-11-6-9-14-8-5-7-13(2)12-14/h5-9,12H,3-4,10-11H2,1-2H3. The Morgan fingerprint density at radius 1 is 1.33 bits per heavy atom. The van der Waals surface area contributed by atoms with Gasteiger partial charge in [0.2, 0.25) is 0 Å². The van der Waals surface area contributed by atoms with Crippen molar-refractivity contribution >= 4 is 6.08 Å². The second kappa shape index (κ2) is 7.24. The van der Waals surface area contributed by atoms with E-state index in [4.69, 9.17) is 4.74 Å². The van der Waals surface area contributed by atoms with Crippen LogP contribution in [0.15, 0.2) is 30.3 Å². The molecule has 1 aromatic rings. The predicted molar refractivity (Wildman–Crippen MR) is 65.9 cm³/mol. The highest BCUT2D eigenvalue weighted by molar-refractivity contribution is 5.50. The van der Waals surface area contributed by atoms with Crippen molar-refractivity contribution in [1.29, 1.82) is 0 Å². The Labute approximate surface area is 92.8 Å². The van der Waals surface area contributed by atoms with Crippen LogP contribution in [0.3, 0.4) is 0 Å². The van der Waals surface area contributed by atoms with Crippen molar-refractivity contribution in [2.24, 2.45) is 0 Å². The fourth-order valence-electron chi connectivity index (χ4n) is 1.36. The molecule has 0 atom stereocenters. The van der Waals surface area contributed by atoms with Gasteiger partial charge in [-0.25, -0.2) is 0 Å². The summed E-state index contributed by atoms with van der Waals surface area (Å²) >= 11 is 0. The van der Waals surface area contributed by atoms with Crippen LogP contribution in [0.2, 0.25) is 0 Å². The van der Waals surface area contributed by atoms with Crippen LogP contribution < -0.4 is 0 Å². The molecule has 0 saturated heterocycles. The van der Waals surface area contributed by atoms with Crippen molar-refractivity contribution in [2.75, 3.05) is 13.2 Å². The summed E-state index contributed by atoms with van der Waals surface area (Å²) in [5.41, 5.74) is 2.54. The van der Waals surface area contributed by atoms with E-state index in [9.17, 15) is 0 Å². The van der Waals surface area contributed by atoms with Gasteiger partial charge < -0.3 is 4.74 Å². The molecule has 0 heterocycles. The molecule has 0 spiro atoms. The molecule has 0 bridgehead atoms. The second-order valence-electron chi connectivity index (χ2n) is 3.74. The highest BCUT2D eigenvalue weighted by Crippen LogP contribution is 2.05. The lowest BCUT2D eigenvalue weighted by atomic mass is 10.1. The van der Waals surface area contributed by atoms with Gasteiger partial charge in [0.15, 0.2) is 0 Å². The minimum Gasteiger partial charge on any atom is -0.377 e. The Balaban J connectivity index is 2.26. The van der Waals surface area contributed by atoms with Gasteiger partial charge in [-0.05, 0) is 18.9 Å². The first-order valence-electron chi connectivity index (χ1n) is 5.64. The maximum atomic E-state index is 5.44. The first-order valence-corrected chi connectivity index (χ1v) is 5.64. The third-order valence-corrected chi connectivity index (χ3v) is 2.21. The molecule has 1 heteroatoms. The van der Waals surface area contributed by atoms with E-state index in [2.05, 4.69) is 50.3 Å². The molecule has 0 amide bonds. The number of hydrogen-bond donors (Lipinski definition) is 0. The van der Waals surface area contributed by atoms with E-state index >= 15 is 0 Å². The second-order valence-corrected chi connectivity index (χ2v) is 3.74. The van der Waals surface area contributed by atoms with Crippen molar-refractivity contribution in [3.05, 3.63) is 41.5 Å². The van der Waals surface area contributed by atoms with Crippen LogP contribution in [-0.4, -0.2) is 13.2 Å². The largest absolute Gasteiger partial charge is 0.377 e. The zero-order chi connectivity index (χ0) is 10.9. The van der Waals surface area contributed by atoms with Crippen LogP contribution in [0, 0.1) is 6.92 Å². The zero-order valence-electron chi connectivity index (χ0n) is 9.70. The molecular formula is C14H20O. The zero-order valence-corrected chi connectivity index (χ0v) is 9.70. The van der Waals surface area contributed by atoms with Crippen molar-refractivity contribution in [2.45, 2.75) is 26.7 Å². The summed E-state index contributed by atoms with van der Waals surface area (Å²) in [4.78, 5) is 0. The van der Waals surface area contributed by atoms with E-state index in [0.717, 1.165) is 13.0 Å². The van der Waals surface area contributed by atoms with E-state index in [-0.39, 0.29) is 0 Å². The molecule has 82 valence electrons. The molecule has 0 aliphatic carbocycles. The van der Waals surface area contributed by atoms with Crippen LogP contribution in [-0.2, 0) is 4.74 Å². The molecule has 0 saturated carbocycles. The molecule has 0 aromatic heterocycles. The molecule has 15 heavy (non-hydrogen) atoms. The van der Waals surface area contributed by atoms with E-state index in [1.807, 2.05) is 0 Å². The lowest BCUT2D eigenvalue weighted by Gasteiger charge is -1.98. The van der Waals surface area contributed by atoms with E-state index in [0.29, 0.717) is 6.61 Å². The summed E-state index contributed by atoms with van der Waals surface area (Å²) in [6.07, 6.45) is 6.53. The fraction of sp³-hybridized carbons (Fsp3) is 0.429. The van der Waals surface area contributed by atoms with Crippen LogP contribution in [0.4, 0.5) is 0 Å². The van der Waals surface area contributed by atoms with Gasteiger partial charge in [-0.2, -0.15) is 0 Å². The third kappa shape index (κ3) is 5.38. The van der Waals surface area contributed by atoms with E-state index in [1.54, 1.807) is 0 Å². The van der Waals surface area contributed by atoms with Crippen molar-refractivity contribution in [3.8, 4) is 0 Å². The van der Waals surface area contributed by atoms with Crippen LogP contribution >= 0.6 is 0 Å².